The fourth-order valence-corrected chi connectivity index (χ4v) is 5.35. The first kappa shape index (κ1) is 21.3. The van der Waals surface area contributed by atoms with Gasteiger partial charge in [0.1, 0.15) is 0 Å². The summed E-state index contributed by atoms with van der Waals surface area (Å²) in [4.78, 5) is 0. The Morgan fingerprint density at radius 3 is 1.61 bits per heavy atom. The second-order valence-electron chi connectivity index (χ2n) is 5.95. The Labute approximate surface area is 130 Å². The fraction of sp³-hybridized carbons (Fsp3) is 0.714. The molecule has 0 aromatic heterocycles. The monoisotopic (exact) mass is 354 g/mol. The summed E-state index contributed by atoms with van der Waals surface area (Å²) in [6.45, 7) is 16.3. The summed E-state index contributed by atoms with van der Waals surface area (Å²) in [5.41, 5.74) is 0. The molecule has 112 valence electrons. The van der Waals surface area contributed by atoms with Crippen molar-refractivity contribution in [2.45, 2.75) is 58.8 Å². The van der Waals surface area contributed by atoms with Gasteiger partial charge in [0.15, 0.2) is 0 Å². The van der Waals surface area contributed by atoms with E-state index < -0.39 is 0 Å². The molecule has 18 heavy (non-hydrogen) atoms. The van der Waals surface area contributed by atoms with E-state index in [-0.39, 0.29) is 7.92 Å². The Kier molecular flexibility index (Phi) is 12.7. The van der Waals surface area contributed by atoms with Gasteiger partial charge in [0.25, 0.3) is 0 Å². The minimum atomic E-state index is 0.0199. The first-order chi connectivity index (χ1) is 8.11. The van der Waals surface area contributed by atoms with Gasteiger partial charge in [0.2, 0.25) is 0 Å². The van der Waals surface area contributed by atoms with E-state index in [4.69, 9.17) is 20.4 Å². The van der Waals surface area contributed by atoms with Gasteiger partial charge in [-0.25, -0.2) is 0 Å². The molecule has 0 aliphatic rings. The molecule has 0 saturated carbocycles. The van der Waals surface area contributed by atoms with Crippen molar-refractivity contribution in [1.29, 1.82) is 0 Å². The summed E-state index contributed by atoms with van der Waals surface area (Å²) in [5, 5.41) is 0.877. The molecule has 0 aromatic carbocycles. The first-order valence-electron chi connectivity index (χ1n) is 5.99. The molecule has 0 unspecified atom stereocenters. The van der Waals surface area contributed by atoms with Gasteiger partial charge >= 0.3 is 33.0 Å². The van der Waals surface area contributed by atoms with Gasteiger partial charge in [0, 0.05) is 0 Å². The maximum atomic E-state index is 4.70. The normalized spacial score (nSPS) is 13.4. The van der Waals surface area contributed by atoms with E-state index in [1.165, 1.54) is 6.16 Å². The third kappa shape index (κ3) is 12.0. The van der Waals surface area contributed by atoms with Gasteiger partial charge in [-0.3, -0.25) is 0 Å². The maximum absolute atomic E-state index is 4.70. The molecule has 0 aromatic rings. The van der Waals surface area contributed by atoms with Crippen LogP contribution in [0.5, 0.6) is 0 Å². The average molecular weight is 356 g/mol. The summed E-state index contributed by atoms with van der Waals surface area (Å²) >= 11 is 0.569. The number of rotatable bonds is 3. The molecule has 0 spiro atoms. The van der Waals surface area contributed by atoms with Gasteiger partial charge < -0.3 is 0 Å². The van der Waals surface area contributed by atoms with Gasteiger partial charge in [-0.15, -0.1) is 0 Å². The molecule has 0 saturated heterocycles. The second-order valence-corrected chi connectivity index (χ2v) is 11.5. The molecule has 0 aliphatic carbocycles. The summed E-state index contributed by atoms with van der Waals surface area (Å²) < 4.78 is 0. The molecule has 0 radical (unpaired) electrons. The fourth-order valence-electron chi connectivity index (χ4n) is 1.91. The van der Waals surface area contributed by atoms with Gasteiger partial charge in [0.05, 0.1) is 0 Å². The van der Waals surface area contributed by atoms with Crippen molar-refractivity contribution >= 4 is 28.3 Å². The summed E-state index contributed by atoms with van der Waals surface area (Å²) in [5.74, 6) is 0. The number of halogens is 2. The number of hydrogen-bond acceptors (Lipinski definition) is 0. The summed E-state index contributed by atoms with van der Waals surface area (Å²) in [6, 6.07) is 0. The van der Waals surface area contributed by atoms with E-state index in [0.717, 1.165) is 0 Å². The Hall–Kier alpha value is 0.984. The van der Waals surface area contributed by atoms with Crippen molar-refractivity contribution in [3.05, 3.63) is 24.3 Å². The van der Waals surface area contributed by atoms with E-state index in [0.29, 0.717) is 23.0 Å². The standard InChI is InChI=1S/C14H27P.2ClH.Ni/c1-8-9-10-11-12-15(13(2,3)4)14(5,6)7;;;/h8-11H,12H2,1-7H3;2*1H;/q;;;+2/p-2. The van der Waals surface area contributed by atoms with Crippen LogP contribution in [0.25, 0.3) is 0 Å². The van der Waals surface area contributed by atoms with Gasteiger partial charge in [-0.05, 0) is 23.4 Å². The van der Waals surface area contributed by atoms with Crippen molar-refractivity contribution in [1.82, 2.24) is 0 Å². The Balaban J connectivity index is 0. The molecule has 0 heterocycles. The topological polar surface area (TPSA) is 0 Å². The van der Waals surface area contributed by atoms with E-state index in [2.05, 4.69) is 72.8 Å². The molecule has 4 heteroatoms. The van der Waals surface area contributed by atoms with Crippen LogP contribution in [0.4, 0.5) is 0 Å². The van der Waals surface area contributed by atoms with Crippen LogP contribution in [0, 0.1) is 0 Å². The quantitative estimate of drug-likeness (QED) is 0.305. The molecule has 0 nitrogen and oxygen atoms in total. The van der Waals surface area contributed by atoms with Crippen molar-refractivity contribution in [2.75, 3.05) is 6.16 Å². The van der Waals surface area contributed by atoms with E-state index in [9.17, 15) is 0 Å². The molecule has 0 bridgehead atoms. The molecule has 0 N–H and O–H groups in total. The Morgan fingerprint density at radius 1 is 0.944 bits per heavy atom. The van der Waals surface area contributed by atoms with E-state index >= 15 is 0 Å². The van der Waals surface area contributed by atoms with Crippen LogP contribution in [0.1, 0.15) is 48.5 Å². The van der Waals surface area contributed by atoms with Crippen LogP contribution in [0.2, 0.25) is 0 Å². The van der Waals surface area contributed by atoms with Gasteiger partial charge in [-0.2, -0.15) is 0 Å². The zero-order chi connectivity index (χ0) is 14.8. The third-order valence-corrected chi connectivity index (χ3v) is 6.16. The van der Waals surface area contributed by atoms with E-state index in [1.54, 1.807) is 0 Å². The van der Waals surface area contributed by atoms with Crippen molar-refractivity contribution in [3.8, 4) is 0 Å². The predicted molar refractivity (Wildman–Crippen MR) is 87.0 cm³/mol. The molecule has 0 aliphatic heterocycles. The molecule has 0 rings (SSSR count). The molecular weight excluding hydrogens is 329 g/mol. The van der Waals surface area contributed by atoms with Crippen molar-refractivity contribution in [2.24, 2.45) is 0 Å². The zero-order valence-corrected chi connectivity index (χ0v) is 15.9. The van der Waals surface area contributed by atoms with Crippen LogP contribution >= 0.6 is 28.3 Å². The van der Waals surface area contributed by atoms with E-state index in [1.807, 2.05) is 0 Å². The second kappa shape index (κ2) is 10.7. The van der Waals surface area contributed by atoms with Crippen LogP contribution in [0.3, 0.4) is 0 Å². The zero-order valence-electron chi connectivity index (χ0n) is 12.5. The Bertz CT molecular complexity index is 236. The van der Waals surface area contributed by atoms with Crippen LogP contribution in [-0.2, 0) is 12.7 Å². The Morgan fingerprint density at radius 2 is 1.33 bits per heavy atom. The predicted octanol–water partition coefficient (Wildman–Crippen LogP) is 6.57. The SMILES string of the molecule is CC=CC=CCP(C(C)(C)C)C(C)(C)C.[Cl][Ni][Cl]. The number of hydrogen-bond donors (Lipinski definition) is 0. The third-order valence-electron chi connectivity index (χ3n) is 2.35. The summed E-state index contributed by atoms with van der Waals surface area (Å²) in [7, 11) is 9.42. The average Bonchev–Trinajstić information content (AvgIpc) is 2.14. The van der Waals surface area contributed by atoms with Crippen LogP contribution in [-0.4, -0.2) is 16.5 Å². The van der Waals surface area contributed by atoms with Gasteiger partial charge in [-0.1, -0.05) is 73.8 Å². The molecular formula is C14H27Cl2NiP. The van der Waals surface area contributed by atoms with Crippen molar-refractivity contribution < 1.29 is 12.7 Å². The molecule has 0 amide bonds. The number of allylic oxidation sites excluding steroid dienone is 4. The van der Waals surface area contributed by atoms with Crippen molar-refractivity contribution in [3.63, 3.8) is 0 Å². The summed E-state index contributed by atoms with van der Waals surface area (Å²) in [6.07, 6.45) is 9.91. The molecule has 0 atom stereocenters. The first-order valence-corrected chi connectivity index (χ1v) is 10.2. The van der Waals surface area contributed by atoms with Crippen LogP contribution in [0.15, 0.2) is 24.3 Å². The minimum absolute atomic E-state index is 0.0199. The van der Waals surface area contributed by atoms with Crippen LogP contribution < -0.4 is 0 Å². The molecule has 0 fully saturated rings.